The Morgan fingerprint density at radius 1 is 1.03 bits per heavy atom. The van der Waals surface area contributed by atoms with Gasteiger partial charge in [-0.3, -0.25) is 9.59 Å². The highest BCUT2D eigenvalue weighted by Gasteiger charge is 2.17. The van der Waals surface area contributed by atoms with E-state index in [2.05, 4.69) is 4.98 Å². The van der Waals surface area contributed by atoms with E-state index in [9.17, 15) is 22.8 Å². The van der Waals surface area contributed by atoms with Gasteiger partial charge < -0.3 is 9.64 Å². The van der Waals surface area contributed by atoms with Crippen molar-refractivity contribution < 1.29 is 27.5 Å². The number of Topliss-reactive ketones (excluding diaryl/α,β-unsaturated/α-hetero) is 1. The number of benzene rings is 2. The van der Waals surface area contributed by atoms with Crippen LogP contribution in [0.25, 0.3) is 11.1 Å². The molecule has 5 nitrogen and oxygen atoms in total. The molecule has 1 aromatic heterocycles. The number of pyridine rings is 1. The van der Waals surface area contributed by atoms with E-state index in [1.54, 1.807) is 25.1 Å². The van der Waals surface area contributed by atoms with Gasteiger partial charge in [0.25, 0.3) is 0 Å². The third-order valence-electron chi connectivity index (χ3n) is 5.33. The van der Waals surface area contributed by atoms with Crippen LogP contribution >= 0.6 is 0 Å². The number of ether oxygens (including phenoxy) is 1. The Labute approximate surface area is 189 Å². The van der Waals surface area contributed by atoms with E-state index in [0.717, 1.165) is 6.07 Å². The van der Waals surface area contributed by atoms with E-state index in [0.29, 0.717) is 22.4 Å². The molecule has 3 rings (SSSR count). The fraction of sp³-hybridized carbons (Fsp3) is 0.240. The Balaban J connectivity index is 1.81. The van der Waals surface area contributed by atoms with Crippen LogP contribution in [0.15, 0.2) is 48.5 Å². The molecule has 33 heavy (non-hydrogen) atoms. The van der Waals surface area contributed by atoms with Gasteiger partial charge in [-0.25, -0.2) is 4.39 Å². The lowest BCUT2D eigenvalue weighted by molar-refractivity contribution is -0.118. The molecule has 0 radical (unpaired) electrons. The maximum absolute atomic E-state index is 14.7. The summed E-state index contributed by atoms with van der Waals surface area (Å²) in [4.78, 5) is 28.9. The maximum atomic E-state index is 14.7. The summed E-state index contributed by atoms with van der Waals surface area (Å²) in [6.07, 6.45) is 0.317. The monoisotopic (exact) mass is 456 g/mol. The zero-order chi connectivity index (χ0) is 24.1. The average Bonchev–Trinajstić information content (AvgIpc) is 2.81. The summed E-state index contributed by atoms with van der Waals surface area (Å²) in [6.45, 7) is 1.70. The molecule has 0 fully saturated rings. The largest absolute Gasteiger partial charge is 0.496 e. The number of nitrogens with zero attached hydrogens (tertiary/aromatic N) is 2. The molecule has 1 amide bonds. The summed E-state index contributed by atoms with van der Waals surface area (Å²) in [6, 6.07) is 11.6. The van der Waals surface area contributed by atoms with Gasteiger partial charge in [0.05, 0.1) is 12.8 Å². The van der Waals surface area contributed by atoms with E-state index in [1.165, 1.54) is 43.3 Å². The number of ketones is 1. The molecule has 3 aromatic rings. The lowest BCUT2D eigenvalue weighted by Gasteiger charge is -2.18. The number of carbonyl (C=O) groups excluding carboxylic acids is 2. The second kappa shape index (κ2) is 10.3. The van der Waals surface area contributed by atoms with Crippen molar-refractivity contribution in [3.8, 4) is 16.9 Å². The topological polar surface area (TPSA) is 59.5 Å². The molecule has 0 aliphatic carbocycles. The number of rotatable bonds is 8. The van der Waals surface area contributed by atoms with Crippen LogP contribution in [0.2, 0.25) is 0 Å². The number of methoxy groups -OCH3 is 1. The molecule has 0 bridgehead atoms. The summed E-state index contributed by atoms with van der Waals surface area (Å²) in [5.41, 5.74) is 1.74. The van der Waals surface area contributed by atoms with Crippen molar-refractivity contribution in [1.29, 1.82) is 0 Å². The Bertz CT molecular complexity index is 1200. The van der Waals surface area contributed by atoms with E-state index in [4.69, 9.17) is 4.74 Å². The SMILES string of the molecule is CCC(=O)N(C)c1ccc(-c2ccc(C(=O)CCc3ccc(F)nc3F)cc2OC)cc1F. The van der Waals surface area contributed by atoms with Gasteiger partial charge in [-0.2, -0.15) is 13.8 Å². The standard InChI is InChI=1S/C25H23F3N2O3/c1-4-24(32)30(2)20-10-6-16(13-19(20)26)18-9-5-17(14-22(18)33-3)21(31)11-7-15-8-12-23(27)29-25(15)28/h5-6,8-10,12-14H,4,7,11H2,1-3H3. The third kappa shape index (κ3) is 5.39. The number of hydrogen-bond donors (Lipinski definition) is 0. The number of hydrogen-bond acceptors (Lipinski definition) is 4. The third-order valence-corrected chi connectivity index (χ3v) is 5.33. The molecule has 0 N–H and O–H groups in total. The quantitative estimate of drug-likeness (QED) is 0.338. The number of halogens is 3. The molecule has 172 valence electrons. The van der Waals surface area contributed by atoms with E-state index >= 15 is 0 Å². The Kier molecular flexibility index (Phi) is 7.48. The Morgan fingerprint density at radius 2 is 1.79 bits per heavy atom. The highest BCUT2D eigenvalue weighted by atomic mass is 19.1. The van der Waals surface area contributed by atoms with Crippen molar-refractivity contribution in [2.24, 2.45) is 0 Å². The van der Waals surface area contributed by atoms with Gasteiger partial charge in [0.2, 0.25) is 17.8 Å². The van der Waals surface area contributed by atoms with Gasteiger partial charge in [-0.15, -0.1) is 0 Å². The lowest BCUT2D eigenvalue weighted by atomic mass is 9.98. The number of amides is 1. The summed E-state index contributed by atoms with van der Waals surface area (Å²) in [5.74, 6) is -2.53. The Morgan fingerprint density at radius 3 is 2.42 bits per heavy atom. The Hall–Kier alpha value is -3.68. The molecular formula is C25H23F3N2O3. The second-order valence-corrected chi connectivity index (χ2v) is 7.39. The van der Waals surface area contributed by atoms with Gasteiger partial charge >= 0.3 is 0 Å². The molecule has 0 unspecified atom stereocenters. The van der Waals surface area contributed by atoms with Crippen LogP contribution in [0.4, 0.5) is 18.9 Å². The van der Waals surface area contributed by atoms with E-state index in [-0.39, 0.29) is 42.2 Å². The van der Waals surface area contributed by atoms with Crippen LogP contribution in [-0.4, -0.2) is 30.8 Å². The minimum absolute atomic E-state index is 0.00610. The molecule has 0 saturated heterocycles. The summed E-state index contributed by atoms with van der Waals surface area (Å²) < 4.78 is 46.7. The van der Waals surface area contributed by atoms with Crippen molar-refractivity contribution in [2.75, 3.05) is 19.1 Å². The molecule has 0 saturated carbocycles. The van der Waals surface area contributed by atoms with Gasteiger partial charge in [0.1, 0.15) is 11.6 Å². The van der Waals surface area contributed by atoms with Crippen LogP contribution in [-0.2, 0) is 11.2 Å². The van der Waals surface area contributed by atoms with Crippen LogP contribution in [0.3, 0.4) is 0 Å². The maximum Gasteiger partial charge on any atom is 0.226 e. The van der Waals surface area contributed by atoms with Crippen molar-refractivity contribution in [3.05, 3.63) is 77.4 Å². The minimum Gasteiger partial charge on any atom is -0.496 e. The number of aromatic nitrogens is 1. The van der Waals surface area contributed by atoms with Crippen molar-refractivity contribution in [2.45, 2.75) is 26.2 Å². The molecule has 0 atom stereocenters. The first-order valence-electron chi connectivity index (χ1n) is 10.3. The fourth-order valence-corrected chi connectivity index (χ4v) is 3.44. The highest BCUT2D eigenvalue weighted by Crippen LogP contribution is 2.34. The van der Waals surface area contributed by atoms with Gasteiger partial charge in [0.15, 0.2) is 5.78 Å². The van der Waals surface area contributed by atoms with Crippen molar-refractivity contribution in [3.63, 3.8) is 0 Å². The summed E-state index contributed by atoms with van der Waals surface area (Å²) in [7, 11) is 2.95. The number of anilines is 1. The van der Waals surface area contributed by atoms with Gasteiger partial charge in [-0.05, 0) is 48.4 Å². The molecule has 1 heterocycles. The van der Waals surface area contributed by atoms with Crippen molar-refractivity contribution in [1.82, 2.24) is 4.98 Å². The molecule has 0 aliphatic rings. The van der Waals surface area contributed by atoms with Crippen LogP contribution in [0.5, 0.6) is 5.75 Å². The smallest absolute Gasteiger partial charge is 0.226 e. The molecule has 2 aromatic carbocycles. The number of carbonyl (C=O) groups is 2. The number of aryl methyl sites for hydroxylation is 1. The van der Waals surface area contributed by atoms with Crippen LogP contribution < -0.4 is 9.64 Å². The first-order chi connectivity index (χ1) is 15.7. The summed E-state index contributed by atoms with van der Waals surface area (Å²) >= 11 is 0. The minimum atomic E-state index is -0.938. The van der Waals surface area contributed by atoms with E-state index in [1.807, 2.05) is 0 Å². The first-order valence-corrected chi connectivity index (χ1v) is 10.3. The molecular weight excluding hydrogens is 433 g/mol. The summed E-state index contributed by atoms with van der Waals surface area (Å²) in [5, 5.41) is 0. The normalized spacial score (nSPS) is 10.7. The molecule has 8 heteroatoms. The second-order valence-electron chi connectivity index (χ2n) is 7.39. The predicted octanol–water partition coefficient (Wildman–Crippen LogP) is 5.36. The highest BCUT2D eigenvalue weighted by molar-refractivity contribution is 5.97. The fourth-order valence-electron chi connectivity index (χ4n) is 3.44. The zero-order valence-corrected chi connectivity index (χ0v) is 18.5. The molecule has 0 aliphatic heterocycles. The van der Waals surface area contributed by atoms with Crippen molar-refractivity contribution >= 4 is 17.4 Å². The average molecular weight is 456 g/mol. The van der Waals surface area contributed by atoms with Crippen LogP contribution in [0.1, 0.15) is 35.7 Å². The molecule has 0 spiro atoms. The predicted molar refractivity (Wildman–Crippen MR) is 119 cm³/mol. The zero-order valence-electron chi connectivity index (χ0n) is 18.5. The lowest BCUT2D eigenvalue weighted by Crippen LogP contribution is -2.25. The van der Waals surface area contributed by atoms with Gasteiger partial charge in [-0.1, -0.05) is 19.1 Å². The first kappa shape index (κ1) is 24.0. The van der Waals surface area contributed by atoms with Crippen LogP contribution in [0, 0.1) is 17.7 Å². The van der Waals surface area contributed by atoms with Gasteiger partial charge in [0, 0.05) is 36.6 Å². The van der Waals surface area contributed by atoms with E-state index < -0.39 is 17.7 Å².